The molecule has 1 fully saturated rings. The minimum absolute atomic E-state index is 0.0718. The van der Waals surface area contributed by atoms with Crippen LogP contribution in [0, 0.1) is 12.8 Å². The smallest absolute Gasteiger partial charge is 0.393 e. The summed E-state index contributed by atoms with van der Waals surface area (Å²) in [7, 11) is 1.29. The van der Waals surface area contributed by atoms with Gasteiger partial charge in [0.05, 0.1) is 29.8 Å². The number of hydrogen-bond acceptors (Lipinski definition) is 4. The van der Waals surface area contributed by atoms with Gasteiger partial charge in [-0.2, -0.15) is 13.2 Å². The van der Waals surface area contributed by atoms with Crippen LogP contribution in [0.15, 0.2) is 24.3 Å². The molecule has 0 spiro atoms. The highest BCUT2D eigenvalue weighted by molar-refractivity contribution is 5.98. The number of pyridine rings is 1. The fourth-order valence-electron chi connectivity index (χ4n) is 3.61. The Morgan fingerprint density at radius 1 is 1.35 bits per heavy atom. The Morgan fingerprint density at radius 2 is 2.08 bits per heavy atom. The molecule has 4 nitrogen and oxygen atoms in total. The zero-order chi connectivity index (χ0) is 18.9. The molecule has 1 aliphatic rings. The first kappa shape index (κ1) is 18.6. The first-order chi connectivity index (χ1) is 12.3. The molecule has 1 aromatic heterocycles. The number of aryl methyl sites for hydroxylation is 1. The lowest BCUT2D eigenvalue weighted by molar-refractivity contribution is -0.187. The summed E-state index contributed by atoms with van der Waals surface area (Å²) >= 11 is 0. The van der Waals surface area contributed by atoms with E-state index in [0.29, 0.717) is 24.2 Å². The topological polar surface area (TPSA) is 42.4 Å². The van der Waals surface area contributed by atoms with Crippen molar-refractivity contribution in [1.82, 2.24) is 9.88 Å². The minimum Gasteiger partial charge on any atom is -0.465 e. The van der Waals surface area contributed by atoms with Crippen LogP contribution in [0.2, 0.25) is 0 Å². The first-order valence-corrected chi connectivity index (χ1v) is 8.57. The van der Waals surface area contributed by atoms with Gasteiger partial charge in [0.15, 0.2) is 0 Å². The molecule has 0 unspecified atom stereocenters. The quantitative estimate of drug-likeness (QED) is 0.767. The monoisotopic (exact) mass is 366 g/mol. The molecule has 1 saturated heterocycles. The number of likely N-dealkylation sites (tertiary alicyclic amines) is 1. The maximum absolute atomic E-state index is 13.1. The van der Waals surface area contributed by atoms with Crippen molar-refractivity contribution in [2.45, 2.75) is 32.5 Å². The highest BCUT2D eigenvalue weighted by Crippen LogP contribution is 2.34. The Kier molecular flexibility index (Phi) is 5.18. The zero-order valence-corrected chi connectivity index (χ0v) is 14.8. The van der Waals surface area contributed by atoms with Crippen LogP contribution in [0.3, 0.4) is 0 Å². The van der Waals surface area contributed by atoms with Crippen molar-refractivity contribution in [1.29, 1.82) is 0 Å². The van der Waals surface area contributed by atoms with Gasteiger partial charge < -0.3 is 4.74 Å². The number of rotatable bonds is 3. The zero-order valence-electron chi connectivity index (χ0n) is 14.8. The van der Waals surface area contributed by atoms with E-state index in [9.17, 15) is 18.0 Å². The third-order valence-corrected chi connectivity index (χ3v) is 4.96. The van der Waals surface area contributed by atoms with E-state index in [1.807, 2.05) is 31.2 Å². The lowest BCUT2D eigenvalue weighted by atomic mass is 9.96. The van der Waals surface area contributed by atoms with E-state index < -0.39 is 18.1 Å². The number of carbonyl (C=O) groups is 1. The van der Waals surface area contributed by atoms with Crippen molar-refractivity contribution in [3.63, 3.8) is 0 Å². The number of hydrogen-bond donors (Lipinski definition) is 0. The van der Waals surface area contributed by atoms with E-state index in [1.54, 1.807) is 4.90 Å². The van der Waals surface area contributed by atoms with Crippen LogP contribution in [0.4, 0.5) is 13.2 Å². The molecule has 1 aromatic carbocycles. The molecule has 2 heterocycles. The molecule has 0 N–H and O–H groups in total. The average Bonchev–Trinajstić information content (AvgIpc) is 2.61. The van der Waals surface area contributed by atoms with Gasteiger partial charge in [-0.25, -0.2) is 4.79 Å². The Labute approximate surface area is 150 Å². The van der Waals surface area contributed by atoms with Gasteiger partial charge in [-0.15, -0.1) is 0 Å². The van der Waals surface area contributed by atoms with Crippen molar-refractivity contribution in [2.24, 2.45) is 5.92 Å². The number of methoxy groups -OCH3 is 1. The van der Waals surface area contributed by atoms with Gasteiger partial charge in [-0.1, -0.05) is 18.2 Å². The Bertz CT molecular complexity index is 820. The number of benzene rings is 1. The standard InChI is InChI=1S/C19H21F3N2O2/c1-12-14-7-3-4-8-15(14)23-16(17(12)18(25)26-2)11-24-9-5-6-13(10-24)19(20,21)22/h3-4,7-8,13H,5-6,9-11H2,1-2H3/t13-/m1/s1. The van der Waals surface area contributed by atoms with E-state index in [4.69, 9.17) is 4.74 Å². The normalized spacial score (nSPS) is 18.9. The number of nitrogens with zero attached hydrogens (tertiary/aromatic N) is 2. The van der Waals surface area contributed by atoms with Gasteiger partial charge in [0, 0.05) is 18.5 Å². The average molecular weight is 366 g/mol. The van der Waals surface area contributed by atoms with Crippen LogP contribution >= 0.6 is 0 Å². The predicted octanol–water partition coefficient (Wildman–Crippen LogP) is 4.10. The Balaban J connectivity index is 1.97. The highest BCUT2D eigenvalue weighted by atomic mass is 19.4. The Morgan fingerprint density at radius 3 is 2.77 bits per heavy atom. The number of para-hydroxylation sites is 1. The lowest BCUT2D eigenvalue weighted by Gasteiger charge is -2.33. The molecular formula is C19H21F3N2O2. The van der Waals surface area contributed by atoms with Gasteiger partial charge in [-0.05, 0) is 37.9 Å². The second-order valence-corrected chi connectivity index (χ2v) is 6.68. The second-order valence-electron chi connectivity index (χ2n) is 6.68. The molecule has 1 atom stereocenters. The van der Waals surface area contributed by atoms with E-state index in [1.165, 1.54) is 7.11 Å². The van der Waals surface area contributed by atoms with Crippen LogP contribution in [-0.2, 0) is 11.3 Å². The van der Waals surface area contributed by atoms with Gasteiger partial charge in [-0.3, -0.25) is 9.88 Å². The number of piperidine rings is 1. The number of carbonyl (C=O) groups excluding carboxylic acids is 1. The molecule has 1 aliphatic heterocycles. The van der Waals surface area contributed by atoms with Crippen molar-refractivity contribution in [2.75, 3.05) is 20.2 Å². The van der Waals surface area contributed by atoms with Crippen molar-refractivity contribution >= 4 is 16.9 Å². The number of alkyl halides is 3. The van der Waals surface area contributed by atoms with Crippen LogP contribution < -0.4 is 0 Å². The predicted molar refractivity (Wildman–Crippen MR) is 91.9 cm³/mol. The summed E-state index contributed by atoms with van der Waals surface area (Å²) in [6.07, 6.45) is -3.57. The van der Waals surface area contributed by atoms with E-state index in [2.05, 4.69) is 4.98 Å². The maximum Gasteiger partial charge on any atom is 0.393 e. The van der Waals surface area contributed by atoms with E-state index in [-0.39, 0.29) is 19.5 Å². The summed E-state index contributed by atoms with van der Waals surface area (Å²) in [6, 6.07) is 7.41. The molecule has 2 aromatic rings. The Hall–Kier alpha value is -2.15. The fraction of sp³-hybridized carbons (Fsp3) is 0.474. The molecule has 0 aliphatic carbocycles. The first-order valence-electron chi connectivity index (χ1n) is 8.57. The largest absolute Gasteiger partial charge is 0.465 e. The number of esters is 1. The minimum atomic E-state index is -4.20. The van der Waals surface area contributed by atoms with E-state index >= 15 is 0 Å². The fourth-order valence-corrected chi connectivity index (χ4v) is 3.61. The summed E-state index contributed by atoms with van der Waals surface area (Å²) in [5, 5.41) is 0.837. The number of fused-ring (bicyclic) bond motifs is 1. The molecule has 0 bridgehead atoms. The van der Waals surface area contributed by atoms with Gasteiger partial charge in [0.25, 0.3) is 0 Å². The lowest BCUT2D eigenvalue weighted by Crippen LogP contribution is -2.41. The molecule has 140 valence electrons. The third-order valence-electron chi connectivity index (χ3n) is 4.96. The van der Waals surface area contributed by atoms with Crippen LogP contribution in [-0.4, -0.2) is 42.2 Å². The molecule has 26 heavy (non-hydrogen) atoms. The summed E-state index contributed by atoms with van der Waals surface area (Å²) in [5.41, 5.74) is 2.27. The maximum atomic E-state index is 13.1. The molecule has 7 heteroatoms. The molecule has 0 amide bonds. The van der Waals surface area contributed by atoms with E-state index in [0.717, 1.165) is 16.5 Å². The van der Waals surface area contributed by atoms with Crippen LogP contribution in [0.5, 0.6) is 0 Å². The van der Waals surface area contributed by atoms with Crippen LogP contribution in [0.1, 0.15) is 34.5 Å². The molecule has 3 rings (SSSR count). The second kappa shape index (κ2) is 7.23. The van der Waals surface area contributed by atoms with Gasteiger partial charge >= 0.3 is 12.1 Å². The van der Waals surface area contributed by atoms with Gasteiger partial charge in [0.2, 0.25) is 0 Å². The number of halogens is 3. The van der Waals surface area contributed by atoms with Gasteiger partial charge in [0.1, 0.15) is 0 Å². The third kappa shape index (κ3) is 3.67. The molecule has 0 radical (unpaired) electrons. The van der Waals surface area contributed by atoms with Crippen LogP contribution in [0.25, 0.3) is 10.9 Å². The summed E-state index contributed by atoms with van der Waals surface area (Å²) in [4.78, 5) is 18.6. The summed E-state index contributed by atoms with van der Waals surface area (Å²) in [6.45, 7) is 2.50. The summed E-state index contributed by atoms with van der Waals surface area (Å²) in [5.74, 6) is -1.85. The number of ether oxygens (including phenoxy) is 1. The molecule has 0 saturated carbocycles. The van der Waals surface area contributed by atoms with Crippen molar-refractivity contribution in [3.8, 4) is 0 Å². The highest BCUT2D eigenvalue weighted by Gasteiger charge is 2.41. The molecular weight excluding hydrogens is 345 g/mol. The number of aromatic nitrogens is 1. The summed E-state index contributed by atoms with van der Waals surface area (Å²) < 4.78 is 44.1. The van der Waals surface area contributed by atoms with Crippen molar-refractivity contribution in [3.05, 3.63) is 41.1 Å². The SMILES string of the molecule is COC(=O)c1c(CN2CCC[C@@H](C(F)(F)F)C2)nc2ccccc2c1C. The van der Waals surface area contributed by atoms with Crippen molar-refractivity contribution < 1.29 is 22.7 Å².